The van der Waals surface area contributed by atoms with Crippen molar-refractivity contribution in [2.45, 2.75) is 6.92 Å². The molecule has 0 aliphatic carbocycles. The van der Waals surface area contributed by atoms with Crippen LogP contribution in [0, 0.1) is 20.6 Å². The molecule has 2 aromatic rings. The minimum Gasteiger partial charge on any atom is -0.368 e. The van der Waals surface area contributed by atoms with E-state index < -0.39 is 4.92 Å². The number of hydrogen-bond acceptors (Lipinski definition) is 5. The van der Waals surface area contributed by atoms with E-state index in [1.807, 2.05) is 22.6 Å². The van der Waals surface area contributed by atoms with Crippen LogP contribution in [0.1, 0.15) is 11.3 Å². The molecule has 8 heteroatoms. The Balaban J connectivity index is 2.33. The highest BCUT2D eigenvalue weighted by Gasteiger charge is 2.07. The van der Waals surface area contributed by atoms with Gasteiger partial charge in [-0.1, -0.05) is 0 Å². The number of nitrogens with two attached hydrogens (primary N) is 1. The van der Waals surface area contributed by atoms with Crippen molar-refractivity contribution in [3.8, 4) is 0 Å². The molecule has 1 aromatic carbocycles. The number of aryl methyl sites for hydroxylation is 1. The Bertz CT molecular complexity index is 665. The summed E-state index contributed by atoms with van der Waals surface area (Å²) in [4.78, 5) is 14.3. The number of halogens is 1. The van der Waals surface area contributed by atoms with Crippen molar-refractivity contribution in [1.29, 1.82) is 0 Å². The maximum absolute atomic E-state index is 10.8. The van der Waals surface area contributed by atoms with E-state index >= 15 is 0 Å². The average molecular weight is 371 g/mol. The second kappa shape index (κ2) is 5.34. The number of benzene rings is 1. The summed E-state index contributed by atoms with van der Waals surface area (Å²) in [5.41, 5.74) is 7.05. The Morgan fingerprint density at radius 2 is 2.26 bits per heavy atom. The topological polar surface area (TPSA) is 99.3 Å². The van der Waals surface area contributed by atoms with Crippen LogP contribution in [0.25, 0.3) is 0 Å². The standard InChI is InChI=1S/C11H10IN5O2/c1-7-6-16(11(13)15-7)14-5-8-2-9(12)4-10(3-8)17(18)19/h2-6H,1H3,(H2,13,15). The van der Waals surface area contributed by atoms with E-state index in [1.54, 1.807) is 19.2 Å². The van der Waals surface area contributed by atoms with Crippen LogP contribution in [-0.2, 0) is 0 Å². The van der Waals surface area contributed by atoms with Crippen molar-refractivity contribution in [2.75, 3.05) is 5.73 Å². The van der Waals surface area contributed by atoms with Crippen LogP contribution in [0.4, 0.5) is 11.6 Å². The third kappa shape index (κ3) is 3.28. The van der Waals surface area contributed by atoms with Crippen LogP contribution in [-0.4, -0.2) is 20.8 Å². The number of non-ortho nitro benzene ring substituents is 1. The summed E-state index contributed by atoms with van der Waals surface area (Å²) in [5, 5.41) is 14.9. The van der Waals surface area contributed by atoms with Gasteiger partial charge in [-0.25, -0.2) is 9.66 Å². The maximum atomic E-state index is 10.8. The fraction of sp³-hybridized carbons (Fsp3) is 0.0909. The van der Waals surface area contributed by atoms with Crippen LogP contribution >= 0.6 is 22.6 Å². The van der Waals surface area contributed by atoms with Gasteiger partial charge in [-0.05, 0) is 35.6 Å². The van der Waals surface area contributed by atoms with Crippen molar-refractivity contribution in [2.24, 2.45) is 5.10 Å². The molecule has 0 atom stereocenters. The number of imidazole rings is 1. The number of anilines is 1. The van der Waals surface area contributed by atoms with Crippen LogP contribution in [0.5, 0.6) is 0 Å². The number of nitro benzene ring substituents is 1. The molecule has 0 radical (unpaired) electrons. The summed E-state index contributed by atoms with van der Waals surface area (Å²) in [7, 11) is 0. The van der Waals surface area contributed by atoms with E-state index in [9.17, 15) is 10.1 Å². The number of hydrogen-bond donors (Lipinski definition) is 1. The molecule has 2 N–H and O–H groups in total. The lowest BCUT2D eigenvalue weighted by Crippen LogP contribution is -1.97. The number of nitro groups is 1. The van der Waals surface area contributed by atoms with E-state index in [4.69, 9.17) is 5.73 Å². The molecule has 19 heavy (non-hydrogen) atoms. The highest BCUT2D eigenvalue weighted by Crippen LogP contribution is 2.17. The molecule has 7 nitrogen and oxygen atoms in total. The molecular weight excluding hydrogens is 361 g/mol. The summed E-state index contributed by atoms with van der Waals surface area (Å²) in [6.07, 6.45) is 3.18. The summed E-state index contributed by atoms with van der Waals surface area (Å²) in [5.74, 6) is 0.272. The Kier molecular flexibility index (Phi) is 3.79. The minimum atomic E-state index is -0.435. The number of aromatic nitrogens is 2. The van der Waals surface area contributed by atoms with Gasteiger partial charge in [0.2, 0.25) is 5.95 Å². The van der Waals surface area contributed by atoms with Gasteiger partial charge in [-0.3, -0.25) is 10.1 Å². The van der Waals surface area contributed by atoms with Gasteiger partial charge in [0.1, 0.15) is 0 Å². The van der Waals surface area contributed by atoms with Crippen molar-refractivity contribution >= 4 is 40.4 Å². The van der Waals surface area contributed by atoms with E-state index in [-0.39, 0.29) is 11.6 Å². The maximum Gasteiger partial charge on any atom is 0.271 e. The Hall–Kier alpha value is -1.97. The van der Waals surface area contributed by atoms with Crippen LogP contribution in [0.15, 0.2) is 29.5 Å². The van der Waals surface area contributed by atoms with Crippen molar-refractivity contribution < 1.29 is 4.92 Å². The fourth-order valence-corrected chi connectivity index (χ4v) is 2.18. The highest BCUT2D eigenvalue weighted by molar-refractivity contribution is 14.1. The van der Waals surface area contributed by atoms with Gasteiger partial charge in [0.25, 0.3) is 5.69 Å². The predicted octanol–water partition coefficient (Wildman–Crippen LogP) is 2.17. The molecule has 1 aromatic heterocycles. The molecule has 98 valence electrons. The smallest absolute Gasteiger partial charge is 0.271 e. The van der Waals surface area contributed by atoms with Crippen LogP contribution in [0.2, 0.25) is 0 Å². The molecule has 0 spiro atoms. The highest BCUT2D eigenvalue weighted by atomic mass is 127. The number of rotatable bonds is 3. The van der Waals surface area contributed by atoms with Gasteiger partial charge >= 0.3 is 0 Å². The molecule has 2 rings (SSSR count). The van der Waals surface area contributed by atoms with Gasteiger partial charge in [0.15, 0.2) is 0 Å². The lowest BCUT2D eigenvalue weighted by Gasteiger charge is -1.98. The van der Waals surface area contributed by atoms with E-state index in [0.29, 0.717) is 5.56 Å². The fourth-order valence-electron chi connectivity index (χ4n) is 1.50. The molecule has 0 amide bonds. The quantitative estimate of drug-likeness (QED) is 0.387. The lowest BCUT2D eigenvalue weighted by molar-refractivity contribution is -0.384. The summed E-state index contributed by atoms with van der Waals surface area (Å²) in [6.45, 7) is 1.80. The molecule has 0 saturated carbocycles. The SMILES string of the molecule is Cc1cn(N=Cc2cc(I)cc([N+](=O)[O-])c2)c(N)n1. The molecule has 1 heterocycles. The second-order valence-corrected chi connectivity index (χ2v) is 5.08. The van der Waals surface area contributed by atoms with E-state index in [0.717, 1.165) is 9.26 Å². The van der Waals surface area contributed by atoms with E-state index in [2.05, 4.69) is 10.1 Å². The van der Waals surface area contributed by atoms with Crippen molar-refractivity contribution in [1.82, 2.24) is 9.66 Å². The van der Waals surface area contributed by atoms with Crippen LogP contribution < -0.4 is 5.73 Å². The van der Waals surface area contributed by atoms with Gasteiger partial charge < -0.3 is 5.73 Å². The monoisotopic (exact) mass is 371 g/mol. The Morgan fingerprint density at radius 3 is 2.84 bits per heavy atom. The number of nitrogens with zero attached hydrogens (tertiary/aromatic N) is 4. The lowest BCUT2D eigenvalue weighted by atomic mass is 10.2. The first-order chi connectivity index (χ1) is 8.95. The van der Waals surface area contributed by atoms with Gasteiger partial charge in [0, 0.05) is 21.3 Å². The van der Waals surface area contributed by atoms with Gasteiger partial charge in [-0.15, -0.1) is 0 Å². The third-order valence-corrected chi connectivity index (χ3v) is 2.90. The normalized spacial score (nSPS) is 11.1. The molecule has 0 aliphatic rings. The third-order valence-electron chi connectivity index (χ3n) is 2.28. The largest absolute Gasteiger partial charge is 0.368 e. The summed E-state index contributed by atoms with van der Waals surface area (Å²) >= 11 is 2.02. The first-order valence-corrected chi connectivity index (χ1v) is 6.34. The molecular formula is C11H10IN5O2. The van der Waals surface area contributed by atoms with Crippen molar-refractivity contribution in [3.05, 3.63) is 49.3 Å². The Morgan fingerprint density at radius 1 is 1.53 bits per heavy atom. The molecule has 0 unspecified atom stereocenters. The summed E-state index contributed by atoms with van der Waals surface area (Å²) < 4.78 is 2.18. The average Bonchev–Trinajstić information content (AvgIpc) is 2.64. The van der Waals surface area contributed by atoms with E-state index in [1.165, 1.54) is 23.0 Å². The zero-order valence-electron chi connectivity index (χ0n) is 9.95. The minimum absolute atomic E-state index is 0.0307. The number of nitrogen functional groups attached to an aromatic ring is 1. The Labute approximate surface area is 122 Å². The second-order valence-electron chi connectivity index (χ2n) is 3.83. The van der Waals surface area contributed by atoms with Gasteiger partial charge in [-0.2, -0.15) is 5.10 Å². The summed E-state index contributed by atoms with van der Waals surface area (Å²) in [6, 6.07) is 4.73. The first kappa shape index (κ1) is 13.5. The molecule has 0 bridgehead atoms. The van der Waals surface area contributed by atoms with Crippen LogP contribution in [0.3, 0.4) is 0 Å². The predicted molar refractivity (Wildman–Crippen MR) is 80.2 cm³/mol. The van der Waals surface area contributed by atoms with Crippen molar-refractivity contribution in [3.63, 3.8) is 0 Å². The molecule has 0 fully saturated rings. The zero-order chi connectivity index (χ0) is 14.0. The van der Waals surface area contributed by atoms with Gasteiger partial charge in [0.05, 0.1) is 23.0 Å². The molecule has 0 saturated heterocycles. The zero-order valence-corrected chi connectivity index (χ0v) is 12.1. The molecule has 0 aliphatic heterocycles. The first-order valence-electron chi connectivity index (χ1n) is 5.26.